The van der Waals surface area contributed by atoms with Gasteiger partial charge in [0.05, 0.1) is 6.54 Å². The van der Waals surface area contributed by atoms with Crippen LogP contribution in [-0.4, -0.2) is 51.7 Å². The molecule has 4 heteroatoms. The molecule has 0 atom stereocenters. The van der Waals surface area contributed by atoms with Crippen molar-refractivity contribution in [1.29, 1.82) is 0 Å². The van der Waals surface area contributed by atoms with Crippen molar-refractivity contribution in [3.63, 3.8) is 0 Å². The Kier molecular flexibility index (Phi) is 6.70. The second-order valence-corrected chi connectivity index (χ2v) is 2.69. The van der Waals surface area contributed by atoms with Gasteiger partial charge in [0.2, 0.25) is 5.91 Å². The van der Waals surface area contributed by atoms with Gasteiger partial charge in [0, 0.05) is 27.3 Å². The third kappa shape index (κ3) is 5.09. The maximum absolute atomic E-state index is 11.2. The summed E-state index contributed by atoms with van der Waals surface area (Å²) in [4.78, 5) is 12.9. The molecule has 0 aliphatic heterocycles. The number of nitrogens with one attached hydrogen (secondary N) is 1. The van der Waals surface area contributed by atoms with Gasteiger partial charge in [0.25, 0.3) is 0 Å². The molecule has 0 aromatic rings. The van der Waals surface area contributed by atoms with Gasteiger partial charge in [0.15, 0.2) is 0 Å². The molecule has 4 nitrogen and oxygen atoms in total. The van der Waals surface area contributed by atoms with E-state index in [2.05, 4.69) is 5.32 Å². The van der Waals surface area contributed by atoms with Crippen LogP contribution in [0.4, 0.5) is 0 Å². The number of likely N-dealkylation sites (N-methyl/N-ethyl adjacent to an activating group) is 2. The first-order chi connectivity index (χ1) is 5.72. The first-order valence-electron chi connectivity index (χ1n) is 4.10. The molecule has 0 fully saturated rings. The van der Waals surface area contributed by atoms with Crippen LogP contribution < -0.4 is 5.32 Å². The van der Waals surface area contributed by atoms with E-state index in [4.69, 9.17) is 4.74 Å². The van der Waals surface area contributed by atoms with E-state index in [9.17, 15) is 4.79 Å². The van der Waals surface area contributed by atoms with E-state index in [-0.39, 0.29) is 5.91 Å². The molecule has 0 spiro atoms. The van der Waals surface area contributed by atoms with Crippen molar-refractivity contribution in [3.05, 3.63) is 0 Å². The van der Waals surface area contributed by atoms with Crippen molar-refractivity contribution in [2.75, 3.05) is 40.9 Å². The molecule has 12 heavy (non-hydrogen) atoms. The summed E-state index contributed by atoms with van der Waals surface area (Å²) in [5.41, 5.74) is 0. The van der Waals surface area contributed by atoms with Crippen LogP contribution in [0.1, 0.15) is 6.42 Å². The van der Waals surface area contributed by atoms with E-state index in [1.54, 1.807) is 26.1 Å². The summed E-state index contributed by atoms with van der Waals surface area (Å²) in [7, 11) is 5.23. The Hall–Kier alpha value is -0.610. The largest absolute Gasteiger partial charge is 0.385 e. The molecule has 0 aromatic heterocycles. The second-order valence-electron chi connectivity index (χ2n) is 2.69. The molecule has 0 heterocycles. The fraction of sp³-hybridized carbons (Fsp3) is 0.875. The highest BCUT2D eigenvalue weighted by molar-refractivity contribution is 5.77. The van der Waals surface area contributed by atoms with Gasteiger partial charge in [0.1, 0.15) is 0 Å². The monoisotopic (exact) mass is 174 g/mol. The lowest BCUT2D eigenvalue weighted by atomic mass is 10.4. The fourth-order valence-corrected chi connectivity index (χ4v) is 0.857. The number of carbonyl (C=O) groups excluding carboxylic acids is 1. The Balaban J connectivity index is 3.42. The van der Waals surface area contributed by atoms with Crippen LogP contribution in [-0.2, 0) is 9.53 Å². The highest BCUT2D eigenvalue weighted by Gasteiger charge is 2.05. The van der Waals surface area contributed by atoms with Gasteiger partial charge in [-0.15, -0.1) is 0 Å². The summed E-state index contributed by atoms with van der Waals surface area (Å²) in [5.74, 6) is 0.119. The van der Waals surface area contributed by atoms with E-state index < -0.39 is 0 Å². The summed E-state index contributed by atoms with van der Waals surface area (Å²) < 4.78 is 4.88. The molecule has 1 amide bonds. The molecule has 1 N–H and O–H groups in total. The molecule has 0 aliphatic rings. The summed E-state index contributed by atoms with van der Waals surface area (Å²) in [5, 5.41) is 2.82. The quantitative estimate of drug-likeness (QED) is 0.562. The molecular formula is C8H18N2O2. The SMILES string of the molecule is CNCC(=O)N(C)CCCOC. The summed E-state index contributed by atoms with van der Waals surface area (Å²) >= 11 is 0. The molecule has 0 saturated carbocycles. The van der Waals surface area contributed by atoms with E-state index in [1.165, 1.54) is 0 Å². The van der Waals surface area contributed by atoms with Crippen molar-refractivity contribution in [1.82, 2.24) is 10.2 Å². The Morgan fingerprint density at radius 3 is 2.75 bits per heavy atom. The Morgan fingerprint density at radius 2 is 2.25 bits per heavy atom. The number of rotatable bonds is 6. The zero-order valence-electron chi connectivity index (χ0n) is 8.09. The molecule has 0 unspecified atom stereocenters. The standard InChI is InChI=1S/C8H18N2O2/c1-9-7-8(11)10(2)5-4-6-12-3/h9H,4-7H2,1-3H3. The molecular weight excluding hydrogens is 156 g/mol. The lowest BCUT2D eigenvalue weighted by Gasteiger charge is -2.16. The Morgan fingerprint density at radius 1 is 1.58 bits per heavy atom. The third-order valence-electron chi connectivity index (χ3n) is 1.60. The van der Waals surface area contributed by atoms with Gasteiger partial charge in [-0.1, -0.05) is 0 Å². The number of methoxy groups -OCH3 is 1. The van der Waals surface area contributed by atoms with Gasteiger partial charge in [-0.05, 0) is 13.5 Å². The average Bonchev–Trinajstić information content (AvgIpc) is 2.05. The van der Waals surface area contributed by atoms with Crippen molar-refractivity contribution >= 4 is 5.91 Å². The maximum atomic E-state index is 11.2. The van der Waals surface area contributed by atoms with Crippen molar-refractivity contribution < 1.29 is 9.53 Å². The van der Waals surface area contributed by atoms with Crippen molar-refractivity contribution in [2.45, 2.75) is 6.42 Å². The Labute approximate surface area is 73.9 Å². The molecule has 0 aromatic carbocycles. The van der Waals surface area contributed by atoms with Gasteiger partial charge < -0.3 is 15.0 Å². The van der Waals surface area contributed by atoms with Gasteiger partial charge >= 0.3 is 0 Å². The Bertz CT molecular complexity index is 128. The molecule has 0 radical (unpaired) electrons. The summed E-state index contributed by atoms with van der Waals surface area (Å²) in [6.45, 7) is 1.87. The topological polar surface area (TPSA) is 41.6 Å². The summed E-state index contributed by atoms with van der Waals surface area (Å²) in [6.07, 6.45) is 0.891. The predicted octanol–water partition coefficient (Wildman–Crippen LogP) is -0.299. The molecule has 0 rings (SSSR count). The highest BCUT2D eigenvalue weighted by Crippen LogP contribution is 1.88. The van der Waals surface area contributed by atoms with E-state index in [0.717, 1.165) is 13.0 Å². The minimum absolute atomic E-state index is 0.119. The highest BCUT2D eigenvalue weighted by atomic mass is 16.5. The van der Waals surface area contributed by atoms with Crippen LogP contribution in [0.25, 0.3) is 0 Å². The number of hydrogen-bond donors (Lipinski definition) is 1. The minimum atomic E-state index is 0.119. The second kappa shape index (κ2) is 7.06. The molecule has 72 valence electrons. The minimum Gasteiger partial charge on any atom is -0.385 e. The number of amides is 1. The smallest absolute Gasteiger partial charge is 0.236 e. The molecule has 0 bridgehead atoms. The normalized spacial score (nSPS) is 9.92. The van der Waals surface area contributed by atoms with E-state index in [1.807, 2.05) is 0 Å². The van der Waals surface area contributed by atoms with Crippen LogP contribution >= 0.6 is 0 Å². The van der Waals surface area contributed by atoms with Crippen molar-refractivity contribution in [3.8, 4) is 0 Å². The predicted molar refractivity (Wildman–Crippen MR) is 48.1 cm³/mol. The van der Waals surface area contributed by atoms with Crippen LogP contribution in [0.2, 0.25) is 0 Å². The van der Waals surface area contributed by atoms with E-state index in [0.29, 0.717) is 13.2 Å². The number of hydrogen-bond acceptors (Lipinski definition) is 3. The zero-order valence-corrected chi connectivity index (χ0v) is 8.09. The first kappa shape index (κ1) is 11.4. The maximum Gasteiger partial charge on any atom is 0.236 e. The van der Waals surface area contributed by atoms with Crippen LogP contribution in [0.15, 0.2) is 0 Å². The van der Waals surface area contributed by atoms with Gasteiger partial charge in [-0.3, -0.25) is 4.79 Å². The zero-order chi connectivity index (χ0) is 9.40. The molecule has 0 aliphatic carbocycles. The lowest BCUT2D eigenvalue weighted by Crippen LogP contribution is -2.35. The van der Waals surface area contributed by atoms with Gasteiger partial charge in [-0.25, -0.2) is 0 Å². The van der Waals surface area contributed by atoms with Crippen LogP contribution in [0.3, 0.4) is 0 Å². The fourth-order valence-electron chi connectivity index (χ4n) is 0.857. The van der Waals surface area contributed by atoms with Crippen molar-refractivity contribution in [2.24, 2.45) is 0 Å². The van der Waals surface area contributed by atoms with E-state index >= 15 is 0 Å². The van der Waals surface area contributed by atoms with Crippen LogP contribution in [0.5, 0.6) is 0 Å². The van der Waals surface area contributed by atoms with Crippen LogP contribution in [0, 0.1) is 0 Å². The lowest BCUT2D eigenvalue weighted by molar-refractivity contribution is -0.129. The first-order valence-corrected chi connectivity index (χ1v) is 4.10. The third-order valence-corrected chi connectivity index (χ3v) is 1.60. The number of ether oxygens (including phenoxy) is 1. The number of carbonyl (C=O) groups is 1. The number of nitrogens with zero attached hydrogens (tertiary/aromatic N) is 1. The summed E-state index contributed by atoms with van der Waals surface area (Å²) in [6, 6.07) is 0. The molecule has 0 saturated heterocycles. The average molecular weight is 174 g/mol. The van der Waals surface area contributed by atoms with Gasteiger partial charge in [-0.2, -0.15) is 0 Å².